The molecular weight excluding hydrogens is 340 g/mol. The van der Waals surface area contributed by atoms with Crippen LogP contribution in [0.1, 0.15) is 72.8 Å². The van der Waals surface area contributed by atoms with Gasteiger partial charge >= 0.3 is 0 Å². The van der Waals surface area contributed by atoms with E-state index in [2.05, 4.69) is 77.1 Å². The van der Waals surface area contributed by atoms with Crippen molar-refractivity contribution < 1.29 is 4.79 Å². The molecule has 0 saturated heterocycles. The third-order valence-corrected chi connectivity index (χ3v) is 7.05. The molecule has 0 unspecified atom stereocenters. The van der Waals surface area contributed by atoms with Crippen LogP contribution in [0.4, 0.5) is 0 Å². The number of carbonyl (C=O) groups is 1. The van der Waals surface area contributed by atoms with Crippen LogP contribution in [0.15, 0.2) is 48.5 Å². The van der Waals surface area contributed by atoms with Crippen LogP contribution in [0.5, 0.6) is 0 Å². The average molecular weight is 367 g/mol. The number of hydrogen-bond donors (Lipinski definition) is 0. The highest BCUT2D eigenvalue weighted by molar-refractivity contribution is 5.92. The zero-order valence-electron chi connectivity index (χ0n) is 17.3. The van der Waals surface area contributed by atoms with Crippen LogP contribution in [0.2, 0.25) is 0 Å². The summed E-state index contributed by atoms with van der Waals surface area (Å²) in [6.45, 7) is 11.6. The van der Waals surface area contributed by atoms with Crippen molar-refractivity contribution in [1.29, 1.82) is 0 Å². The van der Waals surface area contributed by atoms with Gasteiger partial charge in [0.15, 0.2) is 0 Å². The molecule has 0 radical (unpaired) electrons. The molecule has 0 N–H and O–H groups in total. The number of fused-ring (bicyclic) bond motifs is 7. The molecule has 0 bridgehead atoms. The van der Waals surface area contributed by atoms with Gasteiger partial charge in [-0.2, -0.15) is 0 Å². The Morgan fingerprint density at radius 1 is 0.714 bits per heavy atom. The summed E-state index contributed by atoms with van der Waals surface area (Å²) in [5.74, 6) is 0. The smallest absolute Gasteiger partial charge is 0.150 e. The van der Waals surface area contributed by atoms with Gasteiger partial charge in [-0.3, -0.25) is 4.79 Å². The Balaban J connectivity index is 1.83. The lowest BCUT2D eigenvalue weighted by Crippen LogP contribution is -2.24. The summed E-state index contributed by atoms with van der Waals surface area (Å²) in [6.07, 6.45) is 2.01. The first-order chi connectivity index (χ1) is 13.3. The van der Waals surface area contributed by atoms with Gasteiger partial charge in [-0.05, 0) is 62.6 Å². The van der Waals surface area contributed by atoms with Gasteiger partial charge in [-0.25, -0.2) is 0 Å². The monoisotopic (exact) mass is 366 g/mol. The molecule has 0 fully saturated rings. The second-order valence-electron chi connectivity index (χ2n) is 9.32. The summed E-state index contributed by atoms with van der Waals surface area (Å²) < 4.78 is 0. The fourth-order valence-corrected chi connectivity index (χ4v) is 5.57. The summed E-state index contributed by atoms with van der Waals surface area (Å²) in [7, 11) is 0. The van der Waals surface area contributed by atoms with E-state index in [0.717, 1.165) is 18.3 Å². The minimum absolute atomic E-state index is 0.0337. The molecule has 0 spiro atoms. The van der Waals surface area contributed by atoms with Gasteiger partial charge in [0.05, 0.1) is 0 Å². The van der Waals surface area contributed by atoms with Crippen molar-refractivity contribution in [3.05, 3.63) is 81.9 Å². The molecule has 2 aliphatic rings. The third-order valence-electron chi connectivity index (χ3n) is 7.05. The maximum Gasteiger partial charge on any atom is 0.150 e. The number of carbonyl (C=O) groups excluding carboxylic acids is 1. The number of benzene rings is 3. The molecule has 0 amide bonds. The summed E-state index contributed by atoms with van der Waals surface area (Å²) in [4.78, 5) is 11.4. The normalized spacial score (nSPS) is 16.9. The third kappa shape index (κ3) is 2.00. The van der Waals surface area contributed by atoms with Crippen molar-refractivity contribution in [2.75, 3.05) is 0 Å². The van der Waals surface area contributed by atoms with Crippen LogP contribution in [-0.2, 0) is 17.3 Å². The number of rotatable bonds is 2. The van der Waals surface area contributed by atoms with Crippen molar-refractivity contribution in [1.82, 2.24) is 0 Å². The Bertz CT molecular complexity index is 1160. The fourth-order valence-electron chi connectivity index (χ4n) is 5.57. The molecule has 0 atom stereocenters. The quantitative estimate of drug-likeness (QED) is 0.463. The largest absolute Gasteiger partial charge is 0.298 e. The molecule has 0 aromatic heterocycles. The topological polar surface area (TPSA) is 17.1 Å². The molecule has 1 heteroatoms. The van der Waals surface area contributed by atoms with Gasteiger partial charge in [0, 0.05) is 16.4 Å². The zero-order valence-corrected chi connectivity index (χ0v) is 17.3. The van der Waals surface area contributed by atoms with Crippen LogP contribution < -0.4 is 0 Å². The van der Waals surface area contributed by atoms with Crippen molar-refractivity contribution in [3.63, 3.8) is 0 Å². The van der Waals surface area contributed by atoms with E-state index in [1.807, 2.05) is 6.07 Å². The molecular formula is C27H26O. The zero-order chi connectivity index (χ0) is 19.8. The van der Waals surface area contributed by atoms with E-state index in [1.165, 1.54) is 50.1 Å². The van der Waals surface area contributed by atoms with Gasteiger partial charge in [0.25, 0.3) is 0 Å². The minimum atomic E-state index is -0.123. The Morgan fingerprint density at radius 2 is 1.21 bits per heavy atom. The van der Waals surface area contributed by atoms with E-state index in [9.17, 15) is 4.79 Å². The van der Waals surface area contributed by atoms with Crippen LogP contribution in [0.25, 0.3) is 22.3 Å². The molecule has 140 valence electrons. The average Bonchev–Trinajstić information content (AvgIpc) is 3.06. The maximum atomic E-state index is 11.4. The summed E-state index contributed by atoms with van der Waals surface area (Å²) in [6, 6.07) is 17.7. The Morgan fingerprint density at radius 3 is 1.75 bits per heavy atom. The van der Waals surface area contributed by atoms with E-state index in [-0.39, 0.29) is 10.8 Å². The second kappa shape index (κ2) is 5.44. The lowest BCUT2D eigenvalue weighted by molar-refractivity contribution is 0.112. The minimum Gasteiger partial charge on any atom is -0.298 e. The van der Waals surface area contributed by atoms with Crippen LogP contribution in [0, 0.1) is 0 Å². The van der Waals surface area contributed by atoms with Crippen molar-refractivity contribution >= 4 is 6.29 Å². The van der Waals surface area contributed by atoms with Crippen LogP contribution >= 0.6 is 0 Å². The first-order valence-corrected chi connectivity index (χ1v) is 10.2. The van der Waals surface area contributed by atoms with Gasteiger partial charge in [0.2, 0.25) is 0 Å². The van der Waals surface area contributed by atoms with Gasteiger partial charge in [-0.1, -0.05) is 77.1 Å². The lowest BCUT2D eigenvalue weighted by Gasteiger charge is -2.31. The first kappa shape index (κ1) is 17.4. The Hall–Kier alpha value is -2.67. The van der Waals surface area contributed by atoms with E-state index >= 15 is 0 Å². The summed E-state index contributed by atoms with van der Waals surface area (Å²) in [5.41, 5.74) is 12.9. The molecule has 0 saturated carbocycles. The number of hydrogen-bond acceptors (Lipinski definition) is 1. The predicted molar refractivity (Wildman–Crippen MR) is 116 cm³/mol. The fraction of sp³-hybridized carbons (Fsp3) is 0.296. The molecule has 2 aliphatic carbocycles. The molecule has 0 aliphatic heterocycles. The van der Waals surface area contributed by atoms with Crippen molar-refractivity contribution in [3.8, 4) is 22.3 Å². The van der Waals surface area contributed by atoms with E-state index in [1.54, 1.807) is 0 Å². The number of aryl methyl sites for hydroxylation is 1. The van der Waals surface area contributed by atoms with Crippen molar-refractivity contribution in [2.24, 2.45) is 0 Å². The SMILES string of the molecule is CCc1ccc2c(c1)C(C)(C)c1c-2ccc2c1C(C)(C)c1cc(C=O)ccc1-2. The lowest BCUT2D eigenvalue weighted by atomic mass is 9.72. The van der Waals surface area contributed by atoms with Gasteiger partial charge in [0.1, 0.15) is 6.29 Å². The molecule has 3 aromatic rings. The van der Waals surface area contributed by atoms with Gasteiger partial charge < -0.3 is 0 Å². The highest BCUT2D eigenvalue weighted by Gasteiger charge is 2.45. The van der Waals surface area contributed by atoms with E-state index in [4.69, 9.17) is 0 Å². The maximum absolute atomic E-state index is 11.4. The second-order valence-corrected chi connectivity index (χ2v) is 9.32. The first-order valence-electron chi connectivity index (χ1n) is 10.2. The molecule has 3 aromatic carbocycles. The summed E-state index contributed by atoms with van der Waals surface area (Å²) in [5, 5.41) is 0. The molecule has 1 nitrogen and oxygen atoms in total. The molecule has 5 rings (SSSR count). The standard InChI is InChI=1S/C27H26O/c1-6-16-7-9-18-20-11-12-21-19-10-8-17(15-28)14-23(19)27(4,5)25(21)24(20)26(2,3)22(18)13-16/h7-15H,6H2,1-5H3. The van der Waals surface area contributed by atoms with E-state index in [0.29, 0.717) is 0 Å². The summed E-state index contributed by atoms with van der Waals surface area (Å²) >= 11 is 0. The molecule has 0 heterocycles. The van der Waals surface area contributed by atoms with E-state index < -0.39 is 0 Å². The number of aldehydes is 1. The predicted octanol–water partition coefficient (Wildman–Crippen LogP) is 6.67. The highest BCUT2D eigenvalue weighted by atomic mass is 16.1. The Kier molecular flexibility index (Phi) is 3.39. The van der Waals surface area contributed by atoms with Gasteiger partial charge in [-0.15, -0.1) is 0 Å². The van der Waals surface area contributed by atoms with Crippen LogP contribution in [0.3, 0.4) is 0 Å². The highest BCUT2D eigenvalue weighted by Crippen LogP contribution is 2.58. The van der Waals surface area contributed by atoms with Crippen molar-refractivity contribution in [2.45, 2.75) is 51.9 Å². The molecule has 28 heavy (non-hydrogen) atoms. The van der Waals surface area contributed by atoms with Crippen LogP contribution in [-0.4, -0.2) is 6.29 Å². The Labute approximate surface area is 167 Å².